The van der Waals surface area contributed by atoms with E-state index in [1.54, 1.807) is 12.1 Å². The van der Waals surface area contributed by atoms with Crippen molar-refractivity contribution in [2.45, 2.75) is 6.10 Å². The van der Waals surface area contributed by atoms with Crippen molar-refractivity contribution in [2.24, 2.45) is 0 Å². The number of ether oxygens (including phenoxy) is 2. The standard InChI is InChI=1S/C15H15NO5/c1-20-15-9-12(7-8-13(15)16(18)19)21-10-14(17)11-5-3-2-4-6-11/h2-9,14,17H,10H2,1H3/t14-/m0/s1. The van der Waals surface area contributed by atoms with E-state index >= 15 is 0 Å². The summed E-state index contributed by atoms with van der Waals surface area (Å²) in [4.78, 5) is 10.3. The lowest BCUT2D eigenvalue weighted by molar-refractivity contribution is -0.385. The molecular weight excluding hydrogens is 274 g/mol. The summed E-state index contributed by atoms with van der Waals surface area (Å²) in [7, 11) is 1.35. The van der Waals surface area contributed by atoms with E-state index in [0.717, 1.165) is 5.56 Å². The fourth-order valence-corrected chi connectivity index (χ4v) is 1.85. The minimum atomic E-state index is -0.771. The molecule has 0 aliphatic carbocycles. The maximum atomic E-state index is 10.8. The van der Waals surface area contributed by atoms with Gasteiger partial charge >= 0.3 is 5.69 Å². The van der Waals surface area contributed by atoms with Gasteiger partial charge in [-0.05, 0) is 11.6 Å². The van der Waals surface area contributed by atoms with E-state index in [2.05, 4.69) is 0 Å². The van der Waals surface area contributed by atoms with Crippen LogP contribution in [0.15, 0.2) is 48.5 Å². The third kappa shape index (κ3) is 3.70. The zero-order valence-electron chi connectivity index (χ0n) is 11.4. The number of hydrogen-bond acceptors (Lipinski definition) is 5. The van der Waals surface area contributed by atoms with Crippen molar-refractivity contribution in [1.29, 1.82) is 0 Å². The minimum absolute atomic E-state index is 0.0466. The van der Waals surface area contributed by atoms with Crippen LogP contribution < -0.4 is 9.47 Å². The summed E-state index contributed by atoms with van der Waals surface area (Å²) in [6.07, 6.45) is -0.771. The van der Waals surface area contributed by atoms with Gasteiger partial charge in [-0.3, -0.25) is 10.1 Å². The van der Waals surface area contributed by atoms with Crippen LogP contribution in [-0.4, -0.2) is 23.7 Å². The van der Waals surface area contributed by atoms with Crippen molar-refractivity contribution in [1.82, 2.24) is 0 Å². The Morgan fingerprint density at radius 1 is 1.24 bits per heavy atom. The Bertz CT molecular complexity index is 615. The largest absolute Gasteiger partial charge is 0.490 e. The zero-order chi connectivity index (χ0) is 15.2. The average molecular weight is 289 g/mol. The number of aliphatic hydroxyl groups excluding tert-OH is 1. The molecule has 1 atom stereocenters. The van der Waals surface area contributed by atoms with E-state index in [9.17, 15) is 15.2 Å². The number of benzene rings is 2. The van der Waals surface area contributed by atoms with Gasteiger partial charge in [-0.25, -0.2) is 0 Å². The molecular formula is C15H15NO5. The van der Waals surface area contributed by atoms with Gasteiger partial charge in [0.25, 0.3) is 0 Å². The summed E-state index contributed by atoms with van der Waals surface area (Å²) < 4.78 is 10.4. The molecule has 0 saturated carbocycles. The lowest BCUT2D eigenvalue weighted by Crippen LogP contribution is -2.09. The maximum absolute atomic E-state index is 10.8. The van der Waals surface area contributed by atoms with Crippen molar-refractivity contribution < 1.29 is 19.5 Å². The first kappa shape index (κ1) is 14.8. The molecule has 2 aromatic rings. The van der Waals surface area contributed by atoms with Crippen LogP contribution in [0, 0.1) is 10.1 Å². The molecule has 0 aliphatic rings. The van der Waals surface area contributed by atoms with Gasteiger partial charge in [-0.2, -0.15) is 0 Å². The summed E-state index contributed by atoms with van der Waals surface area (Å²) >= 11 is 0. The number of hydrogen-bond donors (Lipinski definition) is 1. The van der Waals surface area contributed by atoms with E-state index in [-0.39, 0.29) is 18.0 Å². The highest BCUT2D eigenvalue weighted by Crippen LogP contribution is 2.31. The highest BCUT2D eigenvalue weighted by atomic mass is 16.6. The van der Waals surface area contributed by atoms with Crippen LogP contribution in [0.25, 0.3) is 0 Å². The third-order valence-electron chi connectivity index (χ3n) is 2.94. The number of rotatable bonds is 6. The van der Waals surface area contributed by atoms with E-state index in [0.29, 0.717) is 5.75 Å². The number of nitro groups is 1. The summed E-state index contributed by atoms with van der Waals surface area (Å²) in [6.45, 7) is 0.0466. The summed E-state index contributed by atoms with van der Waals surface area (Å²) in [5, 5.41) is 20.8. The molecule has 1 N–H and O–H groups in total. The molecule has 0 fully saturated rings. The highest BCUT2D eigenvalue weighted by molar-refractivity contribution is 5.50. The summed E-state index contributed by atoms with van der Waals surface area (Å²) in [5.41, 5.74) is 0.611. The van der Waals surface area contributed by atoms with Crippen molar-refractivity contribution in [3.8, 4) is 11.5 Å². The van der Waals surface area contributed by atoms with Gasteiger partial charge in [-0.15, -0.1) is 0 Å². The molecule has 0 aliphatic heterocycles. The molecule has 0 heterocycles. The first-order valence-corrected chi connectivity index (χ1v) is 6.30. The molecule has 110 valence electrons. The third-order valence-corrected chi connectivity index (χ3v) is 2.94. The molecule has 0 spiro atoms. The Morgan fingerprint density at radius 2 is 1.95 bits per heavy atom. The fraction of sp³-hybridized carbons (Fsp3) is 0.200. The lowest BCUT2D eigenvalue weighted by Gasteiger charge is -2.13. The molecule has 6 heteroatoms. The SMILES string of the molecule is COc1cc(OC[C@H](O)c2ccccc2)ccc1[N+](=O)[O-]. The molecule has 2 rings (SSSR count). The van der Waals surface area contributed by atoms with Gasteiger partial charge in [0, 0.05) is 12.1 Å². The van der Waals surface area contributed by atoms with Crippen LogP contribution >= 0.6 is 0 Å². The summed E-state index contributed by atoms with van der Waals surface area (Å²) in [5.74, 6) is 0.513. The number of aliphatic hydroxyl groups is 1. The molecule has 0 radical (unpaired) electrons. The molecule has 6 nitrogen and oxygen atoms in total. The second-order valence-corrected chi connectivity index (χ2v) is 4.33. The predicted molar refractivity (Wildman–Crippen MR) is 76.5 cm³/mol. The molecule has 21 heavy (non-hydrogen) atoms. The Kier molecular flexibility index (Phi) is 4.73. The van der Waals surface area contributed by atoms with Crippen LogP contribution in [0.2, 0.25) is 0 Å². The van der Waals surface area contributed by atoms with Gasteiger partial charge in [0.1, 0.15) is 18.5 Å². The lowest BCUT2D eigenvalue weighted by atomic mass is 10.1. The molecule has 0 saturated heterocycles. The molecule has 2 aromatic carbocycles. The number of methoxy groups -OCH3 is 1. The van der Waals surface area contributed by atoms with Crippen molar-refractivity contribution in [3.05, 3.63) is 64.2 Å². The van der Waals surface area contributed by atoms with Crippen molar-refractivity contribution in [3.63, 3.8) is 0 Å². The van der Waals surface area contributed by atoms with Gasteiger partial charge in [-0.1, -0.05) is 30.3 Å². The van der Waals surface area contributed by atoms with Gasteiger partial charge in [0.2, 0.25) is 5.75 Å². The first-order valence-electron chi connectivity index (χ1n) is 6.30. The van der Waals surface area contributed by atoms with E-state index in [1.165, 1.54) is 25.3 Å². The van der Waals surface area contributed by atoms with E-state index < -0.39 is 11.0 Å². The topological polar surface area (TPSA) is 81.8 Å². The predicted octanol–water partition coefficient (Wildman–Crippen LogP) is 2.72. The molecule has 0 amide bonds. The average Bonchev–Trinajstić information content (AvgIpc) is 2.52. The quantitative estimate of drug-likeness (QED) is 0.653. The first-order chi connectivity index (χ1) is 10.1. The smallest absolute Gasteiger partial charge is 0.311 e. The van der Waals surface area contributed by atoms with Crippen LogP contribution in [0.5, 0.6) is 11.5 Å². The van der Waals surface area contributed by atoms with Crippen molar-refractivity contribution in [2.75, 3.05) is 13.7 Å². The Labute approximate surface area is 121 Å². The van der Waals surface area contributed by atoms with Crippen molar-refractivity contribution >= 4 is 5.69 Å². The van der Waals surface area contributed by atoms with Crippen LogP contribution in [0.3, 0.4) is 0 Å². The van der Waals surface area contributed by atoms with Gasteiger partial charge in [0.05, 0.1) is 12.0 Å². The van der Waals surface area contributed by atoms with E-state index in [1.807, 2.05) is 18.2 Å². The van der Waals surface area contributed by atoms with E-state index in [4.69, 9.17) is 9.47 Å². The number of nitro benzene ring substituents is 1. The fourth-order valence-electron chi connectivity index (χ4n) is 1.85. The minimum Gasteiger partial charge on any atom is -0.490 e. The molecule has 0 aromatic heterocycles. The van der Waals surface area contributed by atoms with Crippen LogP contribution in [-0.2, 0) is 0 Å². The maximum Gasteiger partial charge on any atom is 0.311 e. The van der Waals surface area contributed by atoms with Crippen LogP contribution in [0.4, 0.5) is 5.69 Å². The van der Waals surface area contributed by atoms with Crippen LogP contribution in [0.1, 0.15) is 11.7 Å². The van der Waals surface area contributed by atoms with Gasteiger partial charge in [0.15, 0.2) is 0 Å². The van der Waals surface area contributed by atoms with Gasteiger partial charge < -0.3 is 14.6 Å². The second-order valence-electron chi connectivity index (χ2n) is 4.33. The Hall–Kier alpha value is -2.60. The Morgan fingerprint density at radius 3 is 2.57 bits per heavy atom. The zero-order valence-corrected chi connectivity index (χ0v) is 11.4. The Balaban J connectivity index is 2.05. The molecule has 0 unspecified atom stereocenters. The monoisotopic (exact) mass is 289 g/mol. The number of nitrogens with zero attached hydrogens (tertiary/aromatic N) is 1. The summed E-state index contributed by atoms with van der Waals surface area (Å²) in [6, 6.07) is 13.3. The normalized spacial score (nSPS) is 11.7. The second kappa shape index (κ2) is 6.71. The molecule has 0 bridgehead atoms. The highest BCUT2D eigenvalue weighted by Gasteiger charge is 2.16.